The van der Waals surface area contributed by atoms with Gasteiger partial charge in [-0.2, -0.15) is 4.78 Å². The van der Waals surface area contributed by atoms with Crippen molar-refractivity contribution in [2.75, 3.05) is 17.3 Å². The predicted octanol–water partition coefficient (Wildman–Crippen LogP) is 6.27. The molecule has 2 aromatic rings. The van der Waals surface area contributed by atoms with E-state index in [-0.39, 0.29) is 0 Å². The summed E-state index contributed by atoms with van der Waals surface area (Å²) in [5.41, 5.74) is 3.20. The lowest BCUT2D eigenvalue weighted by Crippen LogP contribution is -2.35. The van der Waals surface area contributed by atoms with Crippen LogP contribution in [0.25, 0.3) is 0 Å². The van der Waals surface area contributed by atoms with Gasteiger partial charge in [0.05, 0.1) is 29.7 Å². The predicted molar refractivity (Wildman–Crippen MR) is 115 cm³/mol. The number of benzene rings is 2. The highest BCUT2D eigenvalue weighted by Crippen LogP contribution is 2.58. The monoisotopic (exact) mass is 406 g/mol. The molecule has 0 aliphatic heterocycles. The normalized spacial score (nSPS) is 12.5. The Morgan fingerprint density at radius 2 is 1.32 bits per heavy atom. The molecule has 2 aromatic carbocycles. The van der Waals surface area contributed by atoms with Gasteiger partial charge in [-0.1, -0.05) is 18.2 Å². The minimum absolute atomic E-state index is 0.626. The second-order valence-electron chi connectivity index (χ2n) is 8.36. The van der Waals surface area contributed by atoms with Crippen LogP contribution < -0.4 is 14.9 Å². The van der Waals surface area contributed by atoms with Crippen molar-refractivity contribution in [3.63, 3.8) is 0 Å². The molecule has 0 atom stereocenters. The average Bonchev–Trinajstić information content (AvgIpc) is 2.57. The number of anilines is 2. The van der Waals surface area contributed by atoms with Crippen molar-refractivity contribution in [3.05, 3.63) is 54.6 Å². The average molecular weight is 406 g/mol. The first-order chi connectivity index (χ1) is 12.9. The highest BCUT2D eigenvalue weighted by Gasteiger charge is 2.42. The van der Waals surface area contributed by atoms with E-state index >= 15 is 0 Å². The molecule has 0 amide bonds. The second kappa shape index (κ2) is 8.56. The Hall–Kier alpha value is -2.01. The number of nitrogens with one attached hydrogen (secondary N) is 1. The van der Waals surface area contributed by atoms with Crippen LogP contribution >= 0.6 is 7.75 Å². The zero-order valence-corrected chi connectivity index (χ0v) is 18.6. The molecule has 7 heteroatoms. The maximum absolute atomic E-state index is 14.1. The van der Waals surface area contributed by atoms with Crippen LogP contribution in [0, 0.1) is 0 Å². The Balaban J connectivity index is 2.54. The van der Waals surface area contributed by atoms with Gasteiger partial charge in [0.2, 0.25) is 0 Å². The zero-order valence-electron chi connectivity index (χ0n) is 17.7. The molecule has 6 nitrogen and oxygen atoms in total. The molecule has 1 N–H and O–H groups in total. The lowest BCUT2D eigenvalue weighted by atomic mass is 10.2. The van der Waals surface area contributed by atoms with Crippen LogP contribution in [0.1, 0.15) is 41.5 Å². The topological polar surface area (TPSA) is 60.0 Å². The Morgan fingerprint density at radius 3 is 1.75 bits per heavy atom. The van der Waals surface area contributed by atoms with Gasteiger partial charge in [-0.25, -0.2) is 4.57 Å². The summed E-state index contributed by atoms with van der Waals surface area (Å²) in [6.45, 7) is 11.1. The summed E-state index contributed by atoms with van der Waals surface area (Å²) >= 11 is 0. The van der Waals surface area contributed by atoms with E-state index in [0.717, 1.165) is 5.69 Å². The number of hydrogen-bond acceptors (Lipinski definition) is 5. The van der Waals surface area contributed by atoms with E-state index in [0.29, 0.717) is 11.4 Å². The molecular formula is C21H31N2O4P. The van der Waals surface area contributed by atoms with Crippen molar-refractivity contribution in [1.29, 1.82) is 0 Å². The zero-order chi connectivity index (χ0) is 21.0. The minimum Gasteiger partial charge on any atom is -0.497 e. The SMILES string of the molecule is COc1ccc(N(Nc2ccccc2)P(=O)(OC(C)(C)C)OC(C)(C)C)cc1. The van der Waals surface area contributed by atoms with Crippen LogP contribution in [0.4, 0.5) is 11.4 Å². The van der Waals surface area contributed by atoms with Crippen molar-refractivity contribution >= 4 is 19.1 Å². The third kappa shape index (κ3) is 6.55. The van der Waals surface area contributed by atoms with Gasteiger partial charge in [-0.3, -0.25) is 14.5 Å². The number of ether oxygens (including phenoxy) is 1. The standard InChI is InChI=1S/C21H31N2O4P/c1-20(2,3)26-28(24,27-21(4,5)6)23(22-17-11-9-8-10-12-17)18-13-15-19(25-7)16-14-18/h8-16,22H,1-7H3. The van der Waals surface area contributed by atoms with E-state index in [9.17, 15) is 4.57 Å². The first-order valence-electron chi connectivity index (χ1n) is 9.20. The van der Waals surface area contributed by atoms with Crippen molar-refractivity contribution in [2.24, 2.45) is 0 Å². The van der Waals surface area contributed by atoms with Gasteiger partial charge >= 0.3 is 7.75 Å². The van der Waals surface area contributed by atoms with Gasteiger partial charge in [0.15, 0.2) is 0 Å². The van der Waals surface area contributed by atoms with Crippen LogP contribution in [0.2, 0.25) is 0 Å². The number of rotatable bonds is 7. The fourth-order valence-electron chi connectivity index (χ4n) is 2.42. The van der Waals surface area contributed by atoms with E-state index in [1.807, 2.05) is 71.9 Å². The van der Waals surface area contributed by atoms with E-state index in [4.69, 9.17) is 13.8 Å². The minimum atomic E-state index is -3.80. The van der Waals surface area contributed by atoms with Crippen molar-refractivity contribution in [1.82, 2.24) is 0 Å². The second-order valence-corrected chi connectivity index (χ2v) is 10.1. The summed E-state index contributed by atoms with van der Waals surface area (Å²) in [6, 6.07) is 16.7. The molecule has 0 bridgehead atoms. The molecule has 0 fully saturated rings. The van der Waals surface area contributed by atoms with Gasteiger partial charge in [-0.15, -0.1) is 0 Å². The van der Waals surface area contributed by atoms with Gasteiger partial charge in [0, 0.05) is 0 Å². The molecule has 0 radical (unpaired) electrons. The van der Waals surface area contributed by atoms with Crippen molar-refractivity contribution < 1.29 is 18.3 Å². The van der Waals surface area contributed by atoms with E-state index < -0.39 is 18.9 Å². The number of hydrazine groups is 1. The third-order valence-corrected chi connectivity index (χ3v) is 5.73. The summed E-state index contributed by atoms with van der Waals surface area (Å²) < 4.78 is 32.8. The largest absolute Gasteiger partial charge is 0.497 e. The molecule has 28 heavy (non-hydrogen) atoms. The number of para-hydroxylation sites is 1. The molecule has 0 saturated carbocycles. The molecule has 0 spiro atoms. The number of nitrogens with zero attached hydrogens (tertiary/aromatic N) is 1. The number of methoxy groups -OCH3 is 1. The van der Waals surface area contributed by atoms with Crippen molar-refractivity contribution in [2.45, 2.75) is 52.7 Å². The molecule has 0 aliphatic rings. The van der Waals surface area contributed by atoms with Crippen LogP contribution in [0.5, 0.6) is 5.75 Å². The highest BCUT2D eigenvalue weighted by atomic mass is 31.2. The molecule has 2 rings (SSSR count). The Bertz CT molecular complexity index is 776. The maximum atomic E-state index is 14.1. The summed E-state index contributed by atoms with van der Waals surface area (Å²) in [4.78, 5) is 0. The van der Waals surface area contributed by atoms with Crippen LogP contribution in [-0.2, 0) is 13.6 Å². The van der Waals surface area contributed by atoms with Gasteiger partial charge in [-0.05, 0) is 77.9 Å². The molecule has 0 heterocycles. The first-order valence-corrected chi connectivity index (χ1v) is 10.7. The first kappa shape index (κ1) is 22.3. The van der Waals surface area contributed by atoms with Gasteiger partial charge in [0.25, 0.3) is 0 Å². The van der Waals surface area contributed by atoms with E-state index in [2.05, 4.69) is 5.43 Å². The van der Waals surface area contributed by atoms with Gasteiger partial charge in [0.1, 0.15) is 5.75 Å². The molecule has 0 aliphatic carbocycles. The summed E-state index contributed by atoms with van der Waals surface area (Å²) in [7, 11) is -2.20. The van der Waals surface area contributed by atoms with Crippen LogP contribution in [0.15, 0.2) is 54.6 Å². The Morgan fingerprint density at radius 1 is 0.821 bits per heavy atom. The van der Waals surface area contributed by atoms with Gasteiger partial charge < -0.3 is 4.74 Å². The lowest BCUT2D eigenvalue weighted by molar-refractivity contribution is 0.0485. The lowest BCUT2D eigenvalue weighted by Gasteiger charge is -2.39. The smallest absolute Gasteiger partial charge is 0.454 e. The fourth-order valence-corrected chi connectivity index (χ4v) is 4.66. The van der Waals surface area contributed by atoms with Crippen molar-refractivity contribution in [3.8, 4) is 5.75 Å². The van der Waals surface area contributed by atoms with E-state index in [1.54, 1.807) is 31.4 Å². The Labute approximate surface area is 168 Å². The molecular weight excluding hydrogens is 375 g/mol. The number of hydrogen-bond donors (Lipinski definition) is 1. The summed E-state index contributed by atoms with van der Waals surface area (Å²) in [5.74, 6) is 0.701. The fraction of sp³-hybridized carbons (Fsp3) is 0.429. The highest BCUT2D eigenvalue weighted by molar-refractivity contribution is 7.55. The molecule has 154 valence electrons. The quantitative estimate of drug-likeness (QED) is 0.432. The van der Waals surface area contributed by atoms with Crippen LogP contribution in [0.3, 0.4) is 0 Å². The molecule has 0 unspecified atom stereocenters. The molecule has 0 aromatic heterocycles. The third-order valence-electron chi connectivity index (χ3n) is 3.35. The molecule has 0 saturated heterocycles. The summed E-state index contributed by atoms with van der Waals surface area (Å²) in [6.07, 6.45) is 0. The maximum Gasteiger partial charge on any atom is 0.454 e. The van der Waals surface area contributed by atoms with Crippen LogP contribution in [-0.4, -0.2) is 18.3 Å². The Kier molecular flexibility index (Phi) is 6.81. The van der Waals surface area contributed by atoms with E-state index in [1.165, 1.54) is 4.78 Å². The summed E-state index contributed by atoms with van der Waals surface area (Å²) in [5, 5.41) is 0.